The van der Waals surface area contributed by atoms with Crippen molar-refractivity contribution < 1.29 is 0 Å². The van der Waals surface area contributed by atoms with Crippen LogP contribution in [0.3, 0.4) is 0 Å². The third-order valence-corrected chi connectivity index (χ3v) is 2.72. The SMILES string of the molecule is C=CCC(C)c1csc(C)c1.CC.CC.CC.CC.CCC. The Morgan fingerprint density at radius 2 is 1.36 bits per heavy atom. The lowest BCUT2D eigenvalue weighted by atomic mass is 10.0. The van der Waals surface area contributed by atoms with Gasteiger partial charge in [-0.05, 0) is 36.3 Å². The molecule has 0 aliphatic carbocycles. The first-order chi connectivity index (χ1) is 10.7. The zero-order chi connectivity index (χ0) is 19.0. The van der Waals surface area contributed by atoms with E-state index in [1.807, 2.05) is 72.8 Å². The van der Waals surface area contributed by atoms with Crippen molar-refractivity contribution in [1.29, 1.82) is 0 Å². The molecule has 0 fully saturated rings. The van der Waals surface area contributed by atoms with Crippen molar-refractivity contribution in [1.82, 2.24) is 0 Å². The third-order valence-electron chi connectivity index (χ3n) is 1.84. The van der Waals surface area contributed by atoms with Gasteiger partial charge >= 0.3 is 0 Å². The van der Waals surface area contributed by atoms with Gasteiger partial charge in [-0.25, -0.2) is 0 Å². The van der Waals surface area contributed by atoms with Crippen molar-refractivity contribution in [3.63, 3.8) is 0 Å². The highest BCUT2D eigenvalue weighted by molar-refractivity contribution is 7.10. The summed E-state index contributed by atoms with van der Waals surface area (Å²) in [5.41, 5.74) is 1.45. The van der Waals surface area contributed by atoms with E-state index >= 15 is 0 Å². The molecule has 1 unspecified atom stereocenters. The molecule has 0 aliphatic heterocycles. The first kappa shape index (κ1) is 33.1. The fourth-order valence-corrected chi connectivity index (χ4v) is 1.93. The van der Waals surface area contributed by atoms with Gasteiger partial charge in [0, 0.05) is 4.88 Å². The number of allylic oxidation sites excluding steroid dienone is 1. The molecule has 0 saturated carbocycles. The Labute approximate surface area is 148 Å². The molecule has 0 bridgehead atoms. The molecule has 0 nitrogen and oxygen atoms in total. The van der Waals surface area contributed by atoms with Crippen LogP contribution in [-0.4, -0.2) is 0 Å². The number of hydrogen-bond acceptors (Lipinski definition) is 1. The van der Waals surface area contributed by atoms with Gasteiger partial charge in [0.25, 0.3) is 0 Å². The predicted molar refractivity (Wildman–Crippen MR) is 114 cm³/mol. The highest BCUT2D eigenvalue weighted by Crippen LogP contribution is 2.24. The Bertz CT molecular complexity index is 248. The lowest BCUT2D eigenvalue weighted by Gasteiger charge is -2.04. The summed E-state index contributed by atoms with van der Waals surface area (Å²) < 4.78 is 0. The highest BCUT2D eigenvalue weighted by atomic mass is 32.1. The molecular weight excluding hydrogens is 284 g/mol. The molecule has 0 saturated heterocycles. The van der Waals surface area contributed by atoms with E-state index in [-0.39, 0.29) is 0 Å². The van der Waals surface area contributed by atoms with Crippen molar-refractivity contribution >= 4 is 11.3 Å². The molecule has 1 atom stereocenters. The topological polar surface area (TPSA) is 0 Å². The van der Waals surface area contributed by atoms with Crippen LogP contribution in [0.5, 0.6) is 0 Å². The normalized spacial score (nSPS) is 8.36. The average molecular weight is 331 g/mol. The molecule has 1 aromatic rings. The van der Waals surface area contributed by atoms with E-state index < -0.39 is 0 Å². The number of thiophene rings is 1. The molecule has 0 aliphatic rings. The minimum atomic E-state index is 0.637. The number of rotatable bonds is 3. The molecule has 0 amide bonds. The van der Waals surface area contributed by atoms with E-state index in [2.05, 4.69) is 45.7 Å². The second kappa shape index (κ2) is 37.0. The monoisotopic (exact) mass is 330 g/mol. The predicted octanol–water partition coefficient (Wildman–Crippen LogP) is 9.26. The summed E-state index contributed by atoms with van der Waals surface area (Å²) in [6, 6.07) is 2.26. The Morgan fingerprint density at radius 3 is 1.59 bits per heavy atom. The van der Waals surface area contributed by atoms with Crippen LogP contribution in [0.25, 0.3) is 0 Å². The summed E-state index contributed by atoms with van der Waals surface area (Å²) in [4.78, 5) is 1.40. The van der Waals surface area contributed by atoms with Crippen molar-refractivity contribution in [3.8, 4) is 0 Å². The average Bonchev–Trinajstić information content (AvgIpc) is 3.03. The van der Waals surface area contributed by atoms with Gasteiger partial charge in [-0.15, -0.1) is 17.9 Å². The van der Waals surface area contributed by atoms with Crippen LogP contribution in [0.15, 0.2) is 24.1 Å². The van der Waals surface area contributed by atoms with E-state index in [1.54, 1.807) is 0 Å². The molecule has 1 aromatic heterocycles. The Morgan fingerprint density at radius 1 is 1.00 bits per heavy atom. The molecule has 0 aromatic carbocycles. The maximum absolute atomic E-state index is 3.74. The summed E-state index contributed by atoms with van der Waals surface area (Å²) >= 11 is 1.82. The van der Waals surface area contributed by atoms with E-state index in [0.29, 0.717) is 5.92 Å². The molecule has 136 valence electrons. The van der Waals surface area contributed by atoms with Crippen LogP contribution < -0.4 is 0 Å². The minimum Gasteiger partial charge on any atom is -0.149 e. The first-order valence-corrected chi connectivity index (χ1v) is 10.2. The summed E-state index contributed by atoms with van der Waals surface area (Å²) in [5.74, 6) is 0.637. The van der Waals surface area contributed by atoms with Crippen molar-refractivity contribution in [3.05, 3.63) is 34.5 Å². The van der Waals surface area contributed by atoms with Gasteiger partial charge in [-0.1, -0.05) is 88.7 Å². The van der Waals surface area contributed by atoms with E-state index in [0.717, 1.165) is 6.42 Å². The fourth-order valence-electron chi connectivity index (χ4n) is 1.11. The molecule has 0 N–H and O–H groups in total. The van der Waals surface area contributed by atoms with E-state index in [4.69, 9.17) is 0 Å². The molecule has 1 heterocycles. The van der Waals surface area contributed by atoms with Gasteiger partial charge in [0.2, 0.25) is 0 Å². The van der Waals surface area contributed by atoms with Crippen LogP contribution in [-0.2, 0) is 0 Å². The lowest BCUT2D eigenvalue weighted by molar-refractivity contribution is 0.785. The Balaban J connectivity index is -0.0000000740. The first-order valence-electron chi connectivity index (χ1n) is 9.31. The zero-order valence-corrected chi connectivity index (χ0v) is 18.7. The maximum atomic E-state index is 3.74. The van der Waals surface area contributed by atoms with Crippen LogP contribution >= 0.6 is 11.3 Å². The van der Waals surface area contributed by atoms with Crippen LogP contribution in [0.4, 0.5) is 0 Å². The highest BCUT2D eigenvalue weighted by Gasteiger charge is 2.03. The second-order valence-electron chi connectivity index (χ2n) is 3.62. The summed E-state index contributed by atoms with van der Waals surface area (Å²) in [6.45, 7) is 28.4. The largest absolute Gasteiger partial charge is 0.149 e. The van der Waals surface area contributed by atoms with Gasteiger partial charge in [0.15, 0.2) is 0 Å². The second-order valence-corrected chi connectivity index (χ2v) is 4.74. The van der Waals surface area contributed by atoms with Gasteiger partial charge in [0.05, 0.1) is 0 Å². The third kappa shape index (κ3) is 27.7. The minimum absolute atomic E-state index is 0.637. The van der Waals surface area contributed by atoms with Gasteiger partial charge in [-0.3, -0.25) is 0 Å². The number of aryl methyl sites for hydroxylation is 1. The van der Waals surface area contributed by atoms with Gasteiger partial charge in [-0.2, -0.15) is 0 Å². The summed E-state index contributed by atoms with van der Waals surface area (Å²) in [5, 5.41) is 2.24. The van der Waals surface area contributed by atoms with Gasteiger partial charge < -0.3 is 0 Å². The van der Waals surface area contributed by atoms with Crippen molar-refractivity contribution in [2.75, 3.05) is 0 Å². The van der Waals surface area contributed by atoms with E-state index in [9.17, 15) is 0 Å². The maximum Gasteiger partial charge on any atom is 0.00171 e. The van der Waals surface area contributed by atoms with Crippen LogP contribution in [0.1, 0.15) is 105 Å². The summed E-state index contributed by atoms with van der Waals surface area (Å²) in [7, 11) is 0. The zero-order valence-electron chi connectivity index (χ0n) is 17.8. The van der Waals surface area contributed by atoms with Gasteiger partial charge in [0.1, 0.15) is 0 Å². The molecule has 1 heteroatoms. The van der Waals surface area contributed by atoms with Crippen molar-refractivity contribution in [2.45, 2.75) is 102 Å². The lowest BCUT2D eigenvalue weighted by Crippen LogP contribution is -1.87. The quantitative estimate of drug-likeness (QED) is 0.484. The van der Waals surface area contributed by atoms with Crippen molar-refractivity contribution in [2.24, 2.45) is 0 Å². The molecule has 1 rings (SSSR count). The Hall–Kier alpha value is -0.560. The van der Waals surface area contributed by atoms with Crippen LogP contribution in [0, 0.1) is 6.92 Å². The smallest absolute Gasteiger partial charge is 0.00171 e. The summed E-state index contributed by atoms with van der Waals surface area (Å²) in [6.07, 6.45) is 4.31. The van der Waals surface area contributed by atoms with Crippen LogP contribution in [0.2, 0.25) is 0 Å². The Kier molecular flexibility index (Phi) is 55.8. The molecule has 0 spiro atoms. The standard InChI is InChI=1S/C10H14S.C3H8.4C2H6/c1-4-5-8(2)10-6-9(3)11-7-10;1-3-2;4*1-2/h4,6-8H,1,5H2,2-3H3;3H2,1-2H3;4*1-2H3. The van der Waals surface area contributed by atoms with E-state index in [1.165, 1.54) is 16.9 Å². The number of hydrogen-bond donors (Lipinski definition) is 0. The molecule has 22 heavy (non-hydrogen) atoms. The molecule has 0 radical (unpaired) electrons. The fraction of sp³-hybridized carbons (Fsp3) is 0.714. The molecular formula is C21H46S.